The Balaban J connectivity index is 1.35. The maximum Gasteiger partial charge on any atom is 0.225 e. The number of hydrogen-bond donors (Lipinski definition) is 1. The minimum absolute atomic E-state index is 0.319. The van der Waals surface area contributed by atoms with Crippen molar-refractivity contribution in [2.24, 2.45) is 0 Å². The summed E-state index contributed by atoms with van der Waals surface area (Å²) in [4.78, 5) is 22.3. The van der Waals surface area contributed by atoms with E-state index in [0.717, 1.165) is 74.3 Å². The molecule has 2 aliphatic rings. The van der Waals surface area contributed by atoms with E-state index < -0.39 is 0 Å². The molecule has 1 unspecified atom stereocenters. The number of imidazole rings is 1. The van der Waals surface area contributed by atoms with Crippen molar-refractivity contribution in [3.63, 3.8) is 0 Å². The number of aromatic nitrogens is 4. The van der Waals surface area contributed by atoms with E-state index in [1.165, 1.54) is 6.42 Å². The van der Waals surface area contributed by atoms with Gasteiger partial charge in [0.05, 0.1) is 36.0 Å². The van der Waals surface area contributed by atoms with Gasteiger partial charge in [0.25, 0.3) is 0 Å². The fourth-order valence-corrected chi connectivity index (χ4v) is 4.05. The van der Waals surface area contributed by atoms with Gasteiger partial charge in [-0.15, -0.1) is 0 Å². The lowest BCUT2D eigenvalue weighted by Gasteiger charge is -2.27. The van der Waals surface area contributed by atoms with Gasteiger partial charge in [-0.2, -0.15) is 0 Å². The molecule has 7 nitrogen and oxygen atoms in total. The molecule has 2 aliphatic heterocycles. The number of rotatable bonds is 4. The first-order valence-electron chi connectivity index (χ1n) is 9.70. The van der Waals surface area contributed by atoms with Crippen molar-refractivity contribution < 1.29 is 4.74 Å². The van der Waals surface area contributed by atoms with Crippen molar-refractivity contribution in [2.75, 3.05) is 37.7 Å². The first-order valence-corrected chi connectivity index (χ1v) is 9.70. The Bertz CT molecular complexity index is 886. The Morgan fingerprint density at radius 3 is 2.85 bits per heavy atom. The molecule has 5 rings (SSSR count). The molecule has 1 N–H and O–H groups in total. The van der Waals surface area contributed by atoms with Crippen LogP contribution in [0.2, 0.25) is 0 Å². The van der Waals surface area contributed by atoms with Gasteiger partial charge in [-0.1, -0.05) is 12.1 Å². The topological polar surface area (TPSA) is 70.2 Å². The molecule has 0 spiro atoms. The largest absolute Gasteiger partial charge is 0.378 e. The predicted octanol–water partition coefficient (Wildman–Crippen LogP) is 2.53. The summed E-state index contributed by atoms with van der Waals surface area (Å²) in [7, 11) is 0. The molecule has 1 aromatic carbocycles. The molecular weight excluding hydrogens is 340 g/mol. The van der Waals surface area contributed by atoms with Gasteiger partial charge in [-0.3, -0.25) is 4.90 Å². The van der Waals surface area contributed by atoms with Gasteiger partial charge in [-0.05, 0) is 37.6 Å². The number of para-hydroxylation sites is 2. The first-order chi connectivity index (χ1) is 13.4. The molecule has 27 heavy (non-hydrogen) atoms. The third-order valence-electron chi connectivity index (χ3n) is 5.45. The maximum atomic E-state index is 5.43. The highest BCUT2D eigenvalue weighted by Gasteiger charge is 2.29. The van der Waals surface area contributed by atoms with Crippen molar-refractivity contribution >= 4 is 17.0 Å². The van der Waals surface area contributed by atoms with Crippen LogP contribution in [0.3, 0.4) is 0 Å². The molecule has 2 fully saturated rings. The summed E-state index contributed by atoms with van der Waals surface area (Å²) in [6, 6.07) is 10.6. The van der Waals surface area contributed by atoms with E-state index in [1.807, 2.05) is 24.4 Å². The zero-order valence-electron chi connectivity index (χ0n) is 15.3. The molecule has 0 bridgehead atoms. The fourth-order valence-electron chi connectivity index (χ4n) is 4.05. The molecule has 0 saturated carbocycles. The standard InChI is InChI=1S/C20H24N6O/c1-2-5-17-16(4-1)23-19(24-17)18-6-3-9-26(18)14-15-7-8-21-20(22-15)25-10-12-27-13-11-25/h1-2,4-5,7-8,18H,3,6,9-14H2,(H,23,24). The van der Waals surface area contributed by atoms with Crippen LogP contribution in [0.25, 0.3) is 11.0 Å². The lowest BCUT2D eigenvalue weighted by molar-refractivity contribution is 0.122. The summed E-state index contributed by atoms with van der Waals surface area (Å²) < 4.78 is 5.43. The molecule has 4 heterocycles. The molecule has 1 atom stereocenters. The summed E-state index contributed by atoms with van der Waals surface area (Å²) >= 11 is 0. The van der Waals surface area contributed by atoms with Gasteiger partial charge in [0, 0.05) is 25.8 Å². The van der Waals surface area contributed by atoms with E-state index >= 15 is 0 Å². The van der Waals surface area contributed by atoms with Gasteiger partial charge < -0.3 is 14.6 Å². The second kappa shape index (κ2) is 7.25. The molecule has 7 heteroatoms. The van der Waals surface area contributed by atoms with E-state index in [9.17, 15) is 0 Å². The summed E-state index contributed by atoms with van der Waals surface area (Å²) in [6.07, 6.45) is 4.18. The Labute approximate surface area is 158 Å². The molecular formula is C20H24N6O. The van der Waals surface area contributed by atoms with E-state index in [4.69, 9.17) is 14.7 Å². The molecule has 0 aliphatic carbocycles. The Morgan fingerprint density at radius 1 is 1.07 bits per heavy atom. The normalized spacial score (nSPS) is 21.2. The number of ether oxygens (including phenoxy) is 1. The fraction of sp³-hybridized carbons (Fsp3) is 0.450. The van der Waals surface area contributed by atoms with E-state index in [2.05, 4.69) is 31.9 Å². The highest BCUT2D eigenvalue weighted by molar-refractivity contribution is 5.74. The third kappa shape index (κ3) is 3.40. The average molecular weight is 364 g/mol. The molecule has 0 radical (unpaired) electrons. The average Bonchev–Trinajstić information content (AvgIpc) is 3.35. The number of morpholine rings is 1. The van der Waals surface area contributed by atoms with Crippen LogP contribution in [0.5, 0.6) is 0 Å². The third-order valence-corrected chi connectivity index (χ3v) is 5.45. The van der Waals surface area contributed by atoms with Gasteiger partial charge in [-0.25, -0.2) is 15.0 Å². The van der Waals surface area contributed by atoms with Crippen LogP contribution in [0, 0.1) is 0 Å². The molecule has 3 aromatic rings. The van der Waals surface area contributed by atoms with Crippen LogP contribution in [0.1, 0.15) is 30.4 Å². The van der Waals surface area contributed by atoms with Crippen molar-refractivity contribution in [1.82, 2.24) is 24.8 Å². The minimum Gasteiger partial charge on any atom is -0.378 e. The summed E-state index contributed by atoms with van der Waals surface area (Å²) in [5.41, 5.74) is 3.21. The molecule has 0 amide bonds. The molecule has 140 valence electrons. The van der Waals surface area contributed by atoms with Crippen molar-refractivity contribution in [2.45, 2.75) is 25.4 Å². The first kappa shape index (κ1) is 16.6. The highest BCUT2D eigenvalue weighted by Crippen LogP contribution is 2.32. The van der Waals surface area contributed by atoms with Crippen LogP contribution in [0.4, 0.5) is 5.95 Å². The molecule has 2 saturated heterocycles. The lowest BCUT2D eigenvalue weighted by atomic mass is 10.2. The Hall–Kier alpha value is -2.51. The lowest BCUT2D eigenvalue weighted by Crippen LogP contribution is -2.37. The van der Waals surface area contributed by atoms with Crippen LogP contribution >= 0.6 is 0 Å². The number of fused-ring (bicyclic) bond motifs is 1. The quantitative estimate of drug-likeness (QED) is 0.767. The van der Waals surface area contributed by atoms with Crippen LogP contribution < -0.4 is 4.90 Å². The van der Waals surface area contributed by atoms with Crippen molar-refractivity contribution in [3.05, 3.63) is 48.0 Å². The number of likely N-dealkylation sites (tertiary alicyclic amines) is 1. The zero-order valence-corrected chi connectivity index (χ0v) is 15.3. The Kier molecular flexibility index (Phi) is 4.47. The molecule has 2 aromatic heterocycles. The van der Waals surface area contributed by atoms with Crippen LogP contribution in [-0.2, 0) is 11.3 Å². The SMILES string of the molecule is c1ccc2[nH]c(C3CCCN3Cc3ccnc(N4CCOCC4)n3)nc2c1. The number of anilines is 1. The second-order valence-corrected chi connectivity index (χ2v) is 7.22. The van der Waals surface area contributed by atoms with Gasteiger partial charge in [0.15, 0.2) is 0 Å². The predicted molar refractivity (Wildman–Crippen MR) is 104 cm³/mol. The summed E-state index contributed by atoms with van der Waals surface area (Å²) in [6.45, 7) is 5.09. The Morgan fingerprint density at radius 2 is 1.96 bits per heavy atom. The highest BCUT2D eigenvalue weighted by atomic mass is 16.5. The number of benzene rings is 1. The van der Waals surface area contributed by atoms with Gasteiger partial charge >= 0.3 is 0 Å². The zero-order chi connectivity index (χ0) is 18.1. The summed E-state index contributed by atoms with van der Waals surface area (Å²) in [5.74, 6) is 1.88. The summed E-state index contributed by atoms with van der Waals surface area (Å²) in [5, 5.41) is 0. The minimum atomic E-state index is 0.319. The van der Waals surface area contributed by atoms with Crippen LogP contribution in [-0.4, -0.2) is 57.7 Å². The van der Waals surface area contributed by atoms with Crippen molar-refractivity contribution in [3.8, 4) is 0 Å². The van der Waals surface area contributed by atoms with E-state index in [0.29, 0.717) is 6.04 Å². The van der Waals surface area contributed by atoms with Crippen molar-refractivity contribution in [1.29, 1.82) is 0 Å². The number of nitrogens with zero attached hydrogens (tertiary/aromatic N) is 5. The van der Waals surface area contributed by atoms with E-state index in [-0.39, 0.29) is 0 Å². The maximum absolute atomic E-state index is 5.43. The van der Waals surface area contributed by atoms with Crippen LogP contribution in [0.15, 0.2) is 36.5 Å². The van der Waals surface area contributed by atoms with Gasteiger partial charge in [0.2, 0.25) is 5.95 Å². The number of nitrogens with one attached hydrogen (secondary N) is 1. The number of hydrogen-bond acceptors (Lipinski definition) is 6. The number of aromatic amines is 1. The smallest absolute Gasteiger partial charge is 0.225 e. The van der Waals surface area contributed by atoms with Gasteiger partial charge in [0.1, 0.15) is 5.82 Å². The van der Waals surface area contributed by atoms with E-state index in [1.54, 1.807) is 0 Å². The monoisotopic (exact) mass is 364 g/mol. The second-order valence-electron chi connectivity index (χ2n) is 7.22. The number of H-pyrrole nitrogens is 1.